The standard InChI is InChI=1S/C12H13BrO2/c1-12(11(14)15-2)6-5-8-7-9(13)3-4-10(8)12/h3-4,7H,5-6H2,1-2H3/t12-/m0/s1. The first-order valence-electron chi connectivity index (χ1n) is 4.95. The topological polar surface area (TPSA) is 26.3 Å². The summed E-state index contributed by atoms with van der Waals surface area (Å²) >= 11 is 3.44. The first kappa shape index (κ1) is 10.7. The molecule has 2 nitrogen and oxygen atoms in total. The van der Waals surface area contributed by atoms with E-state index < -0.39 is 5.41 Å². The molecule has 3 heteroatoms. The quantitative estimate of drug-likeness (QED) is 0.733. The van der Waals surface area contributed by atoms with E-state index in [4.69, 9.17) is 4.74 Å². The third kappa shape index (κ3) is 1.59. The highest BCUT2D eigenvalue weighted by Gasteiger charge is 2.41. The molecule has 0 aromatic heterocycles. The molecule has 0 heterocycles. The third-order valence-electron chi connectivity index (χ3n) is 3.19. The smallest absolute Gasteiger partial charge is 0.316 e. The van der Waals surface area contributed by atoms with Gasteiger partial charge in [0.2, 0.25) is 0 Å². The van der Waals surface area contributed by atoms with Crippen LogP contribution in [0.15, 0.2) is 22.7 Å². The maximum absolute atomic E-state index is 11.7. The molecule has 1 aliphatic carbocycles. The minimum Gasteiger partial charge on any atom is -0.468 e. The summed E-state index contributed by atoms with van der Waals surface area (Å²) in [5.74, 6) is -0.136. The Morgan fingerprint density at radius 1 is 1.53 bits per heavy atom. The van der Waals surface area contributed by atoms with Crippen molar-refractivity contribution in [1.29, 1.82) is 0 Å². The highest BCUT2D eigenvalue weighted by atomic mass is 79.9. The van der Waals surface area contributed by atoms with Crippen LogP contribution in [0.5, 0.6) is 0 Å². The van der Waals surface area contributed by atoms with Gasteiger partial charge < -0.3 is 4.74 Å². The summed E-state index contributed by atoms with van der Waals surface area (Å²) in [7, 11) is 1.45. The van der Waals surface area contributed by atoms with Crippen molar-refractivity contribution in [2.45, 2.75) is 25.2 Å². The molecule has 0 saturated heterocycles. The monoisotopic (exact) mass is 268 g/mol. The second kappa shape index (κ2) is 3.63. The Morgan fingerprint density at radius 3 is 2.93 bits per heavy atom. The third-order valence-corrected chi connectivity index (χ3v) is 3.69. The first-order valence-corrected chi connectivity index (χ1v) is 5.74. The predicted molar refractivity (Wildman–Crippen MR) is 61.8 cm³/mol. The van der Waals surface area contributed by atoms with E-state index in [0.717, 1.165) is 22.9 Å². The number of aryl methyl sites for hydroxylation is 1. The summed E-state index contributed by atoms with van der Waals surface area (Å²) in [6.45, 7) is 1.96. The van der Waals surface area contributed by atoms with Crippen LogP contribution in [-0.4, -0.2) is 13.1 Å². The number of carbonyl (C=O) groups is 1. The number of rotatable bonds is 1. The number of methoxy groups -OCH3 is 1. The zero-order chi connectivity index (χ0) is 11.1. The Morgan fingerprint density at radius 2 is 2.27 bits per heavy atom. The van der Waals surface area contributed by atoms with Crippen molar-refractivity contribution in [3.05, 3.63) is 33.8 Å². The van der Waals surface area contributed by atoms with E-state index in [-0.39, 0.29) is 5.97 Å². The fourth-order valence-corrected chi connectivity index (χ4v) is 2.67. The molecule has 1 aromatic carbocycles. The Hall–Kier alpha value is -0.830. The molecule has 0 bridgehead atoms. The van der Waals surface area contributed by atoms with Gasteiger partial charge in [0.1, 0.15) is 0 Å². The second-order valence-corrected chi connectivity index (χ2v) is 5.04. The molecule has 1 aliphatic rings. The van der Waals surface area contributed by atoms with Gasteiger partial charge in [-0.2, -0.15) is 0 Å². The minimum absolute atomic E-state index is 0.136. The zero-order valence-electron chi connectivity index (χ0n) is 8.84. The average Bonchev–Trinajstić information content (AvgIpc) is 2.56. The van der Waals surface area contributed by atoms with Crippen LogP contribution < -0.4 is 0 Å². The summed E-state index contributed by atoms with van der Waals surface area (Å²) in [5, 5.41) is 0. The van der Waals surface area contributed by atoms with Crippen molar-refractivity contribution in [1.82, 2.24) is 0 Å². The zero-order valence-corrected chi connectivity index (χ0v) is 10.4. The lowest BCUT2D eigenvalue weighted by Gasteiger charge is -2.21. The number of esters is 1. The predicted octanol–water partition coefficient (Wildman–Crippen LogP) is 2.83. The number of hydrogen-bond donors (Lipinski definition) is 0. The lowest BCUT2D eigenvalue weighted by atomic mass is 9.84. The van der Waals surface area contributed by atoms with E-state index in [1.807, 2.05) is 19.1 Å². The summed E-state index contributed by atoms with van der Waals surface area (Å²) < 4.78 is 5.94. The van der Waals surface area contributed by atoms with E-state index in [1.54, 1.807) is 0 Å². The molecule has 0 amide bonds. The molecule has 0 spiro atoms. The average molecular weight is 269 g/mol. The van der Waals surface area contributed by atoms with Crippen molar-refractivity contribution in [2.24, 2.45) is 0 Å². The van der Waals surface area contributed by atoms with Gasteiger partial charge in [0.15, 0.2) is 0 Å². The largest absolute Gasteiger partial charge is 0.468 e. The van der Waals surface area contributed by atoms with E-state index in [1.165, 1.54) is 12.7 Å². The maximum atomic E-state index is 11.7. The highest BCUT2D eigenvalue weighted by molar-refractivity contribution is 9.10. The van der Waals surface area contributed by atoms with Crippen LogP contribution in [0.2, 0.25) is 0 Å². The van der Waals surface area contributed by atoms with Crippen LogP contribution in [0.25, 0.3) is 0 Å². The number of carbonyl (C=O) groups excluding carboxylic acids is 1. The Labute approximate surface area is 97.8 Å². The van der Waals surface area contributed by atoms with Gasteiger partial charge in [0, 0.05) is 4.47 Å². The molecule has 1 aromatic rings. The Bertz CT molecular complexity index is 414. The molecule has 0 N–H and O–H groups in total. The van der Waals surface area contributed by atoms with Crippen molar-refractivity contribution in [3.8, 4) is 0 Å². The lowest BCUT2D eigenvalue weighted by Crippen LogP contribution is -2.31. The van der Waals surface area contributed by atoms with Crippen LogP contribution in [0.3, 0.4) is 0 Å². The van der Waals surface area contributed by atoms with Crippen molar-refractivity contribution in [2.75, 3.05) is 7.11 Å². The van der Waals surface area contributed by atoms with Gasteiger partial charge in [-0.15, -0.1) is 0 Å². The van der Waals surface area contributed by atoms with Crippen LogP contribution >= 0.6 is 15.9 Å². The Kier molecular flexibility index (Phi) is 2.59. The molecule has 15 heavy (non-hydrogen) atoms. The SMILES string of the molecule is COC(=O)[C@@]1(C)CCc2cc(Br)ccc21. The van der Waals surface area contributed by atoms with Crippen LogP contribution in [0, 0.1) is 0 Å². The van der Waals surface area contributed by atoms with Crippen LogP contribution in [-0.2, 0) is 21.4 Å². The molecular weight excluding hydrogens is 256 g/mol. The summed E-state index contributed by atoms with van der Waals surface area (Å²) in [5.41, 5.74) is 1.90. The van der Waals surface area contributed by atoms with E-state index >= 15 is 0 Å². The molecule has 80 valence electrons. The molecule has 0 saturated carbocycles. The summed E-state index contributed by atoms with van der Waals surface area (Å²) in [4.78, 5) is 11.7. The van der Waals surface area contributed by atoms with Crippen molar-refractivity contribution in [3.63, 3.8) is 0 Å². The molecule has 1 atom stereocenters. The number of benzene rings is 1. The van der Waals surface area contributed by atoms with Crippen LogP contribution in [0.4, 0.5) is 0 Å². The number of fused-ring (bicyclic) bond motifs is 1. The maximum Gasteiger partial charge on any atom is 0.316 e. The van der Waals surface area contributed by atoms with Gasteiger partial charge in [-0.1, -0.05) is 22.0 Å². The molecule has 0 radical (unpaired) electrons. The number of hydrogen-bond acceptors (Lipinski definition) is 2. The minimum atomic E-state index is -0.454. The number of ether oxygens (including phenoxy) is 1. The van der Waals surface area contributed by atoms with Gasteiger partial charge in [0.25, 0.3) is 0 Å². The van der Waals surface area contributed by atoms with Gasteiger partial charge >= 0.3 is 5.97 Å². The fraction of sp³-hybridized carbons (Fsp3) is 0.417. The van der Waals surface area contributed by atoms with Gasteiger partial charge in [0.05, 0.1) is 12.5 Å². The van der Waals surface area contributed by atoms with E-state index in [9.17, 15) is 4.79 Å². The lowest BCUT2D eigenvalue weighted by molar-refractivity contribution is -0.146. The van der Waals surface area contributed by atoms with E-state index in [0.29, 0.717) is 0 Å². The van der Waals surface area contributed by atoms with Crippen LogP contribution in [0.1, 0.15) is 24.5 Å². The van der Waals surface area contributed by atoms with Crippen molar-refractivity contribution < 1.29 is 9.53 Å². The summed E-state index contributed by atoms with van der Waals surface area (Å²) in [6.07, 6.45) is 1.78. The highest BCUT2D eigenvalue weighted by Crippen LogP contribution is 2.40. The number of halogens is 1. The first-order chi connectivity index (χ1) is 7.08. The summed E-state index contributed by atoms with van der Waals surface area (Å²) in [6, 6.07) is 6.08. The molecule has 0 unspecified atom stereocenters. The normalized spacial score (nSPS) is 23.7. The molecular formula is C12H13BrO2. The fourth-order valence-electron chi connectivity index (χ4n) is 2.26. The van der Waals surface area contributed by atoms with Gasteiger partial charge in [-0.3, -0.25) is 4.79 Å². The van der Waals surface area contributed by atoms with Crippen molar-refractivity contribution >= 4 is 21.9 Å². The molecule has 0 aliphatic heterocycles. The molecule has 0 fully saturated rings. The van der Waals surface area contributed by atoms with Gasteiger partial charge in [-0.25, -0.2) is 0 Å². The second-order valence-electron chi connectivity index (χ2n) is 4.13. The van der Waals surface area contributed by atoms with E-state index in [2.05, 4.69) is 22.0 Å². The van der Waals surface area contributed by atoms with Gasteiger partial charge in [-0.05, 0) is 43.0 Å². The Balaban J connectivity index is 2.48. The molecule has 2 rings (SSSR count).